The fourth-order valence-corrected chi connectivity index (χ4v) is 3.19. The molecule has 0 aliphatic carbocycles. The number of nitrogens with zero attached hydrogens (tertiary/aromatic N) is 1. The van der Waals surface area contributed by atoms with Crippen LogP contribution in [0.15, 0.2) is 59.6 Å². The number of nitrogens with one attached hydrogen (secondary N) is 1. The summed E-state index contributed by atoms with van der Waals surface area (Å²) in [6.45, 7) is 1.01. The van der Waals surface area contributed by atoms with E-state index < -0.39 is 0 Å². The zero-order valence-corrected chi connectivity index (χ0v) is 15.9. The number of hydrogen-bond donors (Lipinski definition) is 1. The largest absolute Gasteiger partial charge is 0.491 e. The smallest absolute Gasteiger partial charge is 0.252 e. The first-order valence-corrected chi connectivity index (χ1v) is 9.87. The van der Waals surface area contributed by atoms with Gasteiger partial charge >= 0.3 is 0 Å². The molecule has 0 saturated carbocycles. The van der Waals surface area contributed by atoms with Gasteiger partial charge in [-0.05, 0) is 43.0 Å². The topological polar surface area (TPSA) is 51.2 Å². The van der Waals surface area contributed by atoms with Gasteiger partial charge in [0.05, 0.1) is 17.2 Å². The van der Waals surface area contributed by atoms with Crippen LogP contribution in [0, 0.1) is 0 Å². The second-order valence-electron chi connectivity index (χ2n) is 5.63. The Labute approximate surface area is 161 Å². The van der Waals surface area contributed by atoms with Gasteiger partial charge in [-0.25, -0.2) is 0 Å². The number of halogens is 1. The molecule has 1 N–H and O–H groups in total. The minimum Gasteiger partial charge on any atom is -0.491 e. The van der Waals surface area contributed by atoms with Crippen molar-refractivity contribution >= 4 is 40.2 Å². The molecular weight excluding hydrogens is 368 g/mol. The number of para-hydroxylation sites is 1. The van der Waals surface area contributed by atoms with Crippen LogP contribution < -0.4 is 10.1 Å². The van der Waals surface area contributed by atoms with Gasteiger partial charge in [0.2, 0.25) is 0 Å². The summed E-state index contributed by atoms with van der Waals surface area (Å²) in [6, 6.07) is 15.2. The Hall–Kier alpha value is -2.24. The number of amides is 1. The van der Waals surface area contributed by atoms with E-state index in [1.807, 2.05) is 42.7 Å². The molecule has 1 aromatic heterocycles. The standard InChI is InChI=1S/C20H19ClN2O2S/c1-26-15-8-9-17(21)16(13-15)20(24)23-11-4-12-25-18-7-2-5-14-6-3-10-22-19(14)18/h2-3,5-10,13H,4,11-12H2,1H3,(H,23,24). The average Bonchev–Trinajstić information content (AvgIpc) is 2.68. The summed E-state index contributed by atoms with van der Waals surface area (Å²) in [5, 5.41) is 4.39. The number of carbonyl (C=O) groups excluding carboxylic acids is 1. The van der Waals surface area contributed by atoms with Crippen LogP contribution in [0.25, 0.3) is 10.9 Å². The van der Waals surface area contributed by atoms with E-state index in [9.17, 15) is 4.79 Å². The number of aromatic nitrogens is 1. The van der Waals surface area contributed by atoms with E-state index in [0.717, 1.165) is 21.5 Å². The molecule has 0 aliphatic rings. The summed E-state index contributed by atoms with van der Waals surface area (Å²) < 4.78 is 5.82. The molecular formula is C20H19ClN2O2S. The van der Waals surface area contributed by atoms with Crippen molar-refractivity contribution in [2.24, 2.45) is 0 Å². The Kier molecular flexibility index (Phi) is 6.36. The molecule has 26 heavy (non-hydrogen) atoms. The normalized spacial score (nSPS) is 10.7. The lowest BCUT2D eigenvalue weighted by atomic mass is 10.2. The monoisotopic (exact) mass is 386 g/mol. The maximum Gasteiger partial charge on any atom is 0.252 e. The minimum absolute atomic E-state index is 0.169. The summed E-state index contributed by atoms with van der Waals surface area (Å²) in [7, 11) is 0. The van der Waals surface area contributed by atoms with E-state index in [2.05, 4.69) is 10.3 Å². The number of benzene rings is 2. The van der Waals surface area contributed by atoms with Crippen LogP contribution in [0.3, 0.4) is 0 Å². The molecule has 1 heterocycles. The van der Waals surface area contributed by atoms with Crippen LogP contribution in [-0.4, -0.2) is 30.3 Å². The first kappa shape index (κ1) is 18.5. The van der Waals surface area contributed by atoms with Gasteiger partial charge in [0, 0.05) is 23.0 Å². The van der Waals surface area contributed by atoms with Gasteiger partial charge in [-0.1, -0.05) is 29.8 Å². The molecule has 134 valence electrons. The first-order valence-electron chi connectivity index (χ1n) is 8.27. The molecule has 3 aromatic rings. The Morgan fingerprint density at radius 2 is 2.08 bits per heavy atom. The fraction of sp³-hybridized carbons (Fsp3) is 0.200. The maximum atomic E-state index is 12.3. The Bertz CT molecular complexity index is 912. The second kappa shape index (κ2) is 8.92. The van der Waals surface area contributed by atoms with Crippen molar-refractivity contribution in [2.45, 2.75) is 11.3 Å². The molecule has 6 heteroatoms. The molecule has 0 unspecified atom stereocenters. The lowest BCUT2D eigenvalue weighted by Crippen LogP contribution is -2.25. The third-order valence-corrected chi connectivity index (χ3v) is 4.93. The van der Waals surface area contributed by atoms with Crippen molar-refractivity contribution in [3.05, 3.63) is 65.3 Å². The van der Waals surface area contributed by atoms with Gasteiger partial charge in [0.1, 0.15) is 11.3 Å². The van der Waals surface area contributed by atoms with Crippen molar-refractivity contribution in [1.29, 1.82) is 0 Å². The highest BCUT2D eigenvalue weighted by Gasteiger charge is 2.10. The summed E-state index contributed by atoms with van der Waals surface area (Å²) in [6.07, 6.45) is 4.40. The molecule has 0 radical (unpaired) electrons. The fourth-order valence-electron chi connectivity index (χ4n) is 2.55. The van der Waals surface area contributed by atoms with E-state index in [0.29, 0.717) is 30.2 Å². The van der Waals surface area contributed by atoms with Crippen molar-refractivity contribution in [2.75, 3.05) is 19.4 Å². The Morgan fingerprint density at radius 3 is 2.92 bits per heavy atom. The zero-order chi connectivity index (χ0) is 18.4. The highest BCUT2D eigenvalue weighted by molar-refractivity contribution is 7.98. The van der Waals surface area contributed by atoms with E-state index in [-0.39, 0.29) is 5.91 Å². The molecule has 0 fully saturated rings. The number of carbonyl (C=O) groups is 1. The van der Waals surface area contributed by atoms with Gasteiger partial charge in [-0.3, -0.25) is 9.78 Å². The number of fused-ring (bicyclic) bond motifs is 1. The highest BCUT2D eigenvalue weighted by Crippen LogP contribution is 2.24. The third kappa shape index (κ3) is 4.48. The number of thioether (sulfide) groups is 1. The van der Waals surface area contributed by atoms with E-state index in [1.54, 1.807) is 30.1 Å². The lowest BCUT2D eigenvalue weighted by molar-refractivity contribution is 0.0951. The molecule has 2 aromatic carbocycles. The van der Waals surface area contributed by atoms with Crippen LogP contribution in [0.5, 0.6) is 5.75 Å². The Morgan fingerprint density at radius 1 is 1.23 bits per heavy atom. The lowest BCUT2D eigenvalue weighted by Gasteiger charge is -2.10. The second-order valence-corrected chi connectivity index (χ2v) is 6.92. The minimum atomic E-state index is -0.169. The summed E-state index contributed by atoms with van der Waals surface area (Å²) >= 11 is 7.70. The van der Waals surface area contributed by atoms with Crippen molar-refractivity contribution in [1.82, 2.24) is 10.3 Å². The van der Waals surface area contributed by atoms with Crippen LogP contribution in [0.1, 0.15) is 16.8 Å². The van der Waals surface area contributed by atoms with Crippen LogP contribution in [-0.2, 0) is 0 Å². The summed E-state index contributed by atoms with van der Waals surface area (Å²) in [4.78, 5) is 17.7. The number of pyridine rings is 1. The third-order valence-electron chi connectivity index (χ3n) is 3.88. The van der Waals surface area contributed by atoms with E-state index in [1.165, 1.54) is 0 Å². The van der Waals surface area contributed by atoms with E-state index in [4.69, 9.17) is 16.3 Å². The van der Waals surface area contributed by atoms with Crippen LogP contribution >= 0.6 is 23.4 Å². The molecule has 0 saturated heterocycles. The molecule has 1 amide bonds. The molecule has 4 nitrogen and oxygen atoms in total. The average molecular weight is 387 g/mol. The molecule has 0 bridgehead atoms. The quantitative estimate of drug-likeness (QED) is 0.467. The first-order chi connectivity index (χ1) is 12.7. The predicted molar refractivity (Wildman–Crippen MR) is 107 cm³/mol. The summed E-state index contributed by atoms with van der Waals surface area (Å²) in [5.41, 5.74) is 1.34. The summed E-state index contributed by atoms with van der Waals surface area (Å²) in [5.74, 6) is 0.586. The highest BCUT2D eigenvalue weighted by atomic mass is 35.5. The number of rotatable bonds is 7. The predicted octanol–water partition coefficient (Wildman–Crippen LogP) is 4.81. The van der Waals surface area contributed by atoms with Gasteiger partial charge in [-0.15, -0.1) is 11.8 Å². The van der Waals surface area contributed by atoms with Crippen molar-refractivity contribution in [3.8, 4) is 5.75 Å². The van der Waals surface area contributed by atoms with Gasteiger partial charge < -0.3 is 10.1 Å². The van der Waals surface area contributed by atoms with E-state index >= 15 is 0 Å². The van der Waals surface area contributed by atoms with Crippen molar-refractivity contribution in [3.63, 3.8) is 0 Å². The van der Waals surface area contributed by atoms with Gasteiger partial charge in [-0.2, -0.15) is 0 Å². The molecule has 0 aliphatic heterocycles. The van der Waals surface area contributed by atoms with Gasteiger partial charge in [0.15, 0.2) is 0 Å². The zero-order valence-electron chi connectivity index (χ0n) is 14.4. The van der Waals surface area contributed by atoms with Crippen LogP contribution in [0.4, 0.5) is 0 Å². The SMILES string of the molecule is CSc1ccc(Cl)c(C(=O)NCCCOc2cccc3cccnc23)c1. The molecule has 0 atom stereocenters. The van der Waals surface area contributed by atoms with Gasteiger partial charge in [0.25, 0.3) is 5.91 Å². The van der Waals surface area contributed by atoms with Crippen LogP contribution in [0.2, 0.25) is 5.02 Å². The molecule has 3 rings (SSSR count). The maximum absolute atomic E-state index is 12.3. The Balaban J connectivity index is 1.50. The molecule has 0 spiro atoms. The number of ether oxygens (including phenoxy) is 1. The number of hydrogen-bond acceptors (Lipinski definition) is 4. The van der Waals surface area contributed by atoms with Crippen molar-refractivity contribution < 1.29 is 9.53 Å².